The third-order valence-corrected chi connectivity index (χ3v) is 5.48. The second kappa shape index (κ2) is 8.84. The van der Waals surface area contributed by atoms with Crippen molar-refractivity contribution in [1.29, 1.82) is 0 Å². The highest BCUT2D eigenvalue weighted by molar-refractivity contribution is 7.11. The first-order chi connectivity index (χ1) is 12.9. The van der Waals surface area contributed by atoms with E-state index in [1.165, 1.54) is 23.4 Å². The van der Waals surface area contributed by atoms with Crippen molar-refractivity contribution in [3.8, 4) is 0 Å². The first-order valence-electron chi connectivity index (χ1n) is 8.90. The number of amides is 1. The summed E-state index contributed by atoms with van der Waals surface area (Å²) in [7, 11) is 0. The summed E-state index contributed by atoms with van der Waals surface area (Å²) in [5, 5.41) is 3.91. The van der Waals surface area contributed by atoms with E-state index in [4.69, 9.17) is 0 Å². The molecule has 1 aliphatic carbocycles. The van der Waals surface area contributed by atoms with E-state index < -0.39 is 12.8 Å². The van der Waals surface area contributed by atoms with Crippen molar-refractivity contribution >= 4 is 17.2 Å². The molecule has 27 heavy (non-hydrogen) atoms. The lowest BCUT2D eigenvalue weighted by Crippen LogP contribution is -2.25. The maximum absolute atomic E-state index is 12.2. The molecule has 1 heterocycles. The van der Waals surface area contributed by atoms with Crippen LogP contribution >= 0.6 is 11.3 Å². The van der Waals surface area contributed by atoms with Crippen LogP contribution in [0, 0.1) is 0 Å². The van der Waals surface area contributed by atoms with Gasteiger partial charge in [-0.1, -0.05) is 12.1 Å². The van der Waals surface area contributed by atoms with Crippen LogP contribution in [0.3, 0.4) is 0 Å². The van der Waals surface area contributed by atoms with Gasteiger partial charge in [-0.15, -0.1) is 11.3 Å². The monoisotopic (exact) mass is 398 g/mol. The van der Waals surface area contributed by atoms with Crippen LogP contribution < -0.4 is 5.32 Å². The number of nitrogens with zero attached hydrogens (tertiary/aromatic N) is 1. The molecule has 1 aromatic heterocycles. The van der Waals surface area contributed by atoms with Gasteiger partial charge in [-0.25, -0.2) is 4.98 Å². The molecule has 1 N–H and O–H groups in total. The molecular weight excluding hydrogens is 377 g/mol. The first kappa shape index (κ1) is 19.8. The Hall–Kier alpha value is -1.93. The van der Waals surface area contributed by atoms with E-state index in [9.17, 15) is 18.0 Å². The van der Waals surface area contributed by atoms with Crippen molar-refractivity contribution in [3.05, 3.63) is 51.0 Å². The Balaban J connectivity index is 1.43. The molecule has 4 nitrogen and oxygen atoms in total. The minimum absolute atomic E-state index is 0.143. The second-order valence-corrected chi connectivity index (χ2v) is 7.66. The fourth-order valence-electron chi connectivity index (χ4n) is 2.93. The van der Waals surface area contributed by atoms with Crippen LogP contribution in [-0.4, -0.2) is 30.2 Å². The Kier molecular flexibility index (Phi) is 6.49. The van der Waals surface area contributed by atoms with E-state index in [0.29, 0.717) is 24.1 Å². The molecule has 8 heteroatoms. The minimum atomic E-state index is -4.34. The number of rotatable bonds is 7. The van der Waals surface area contributed by atoms with Crippen molar-refractivity contribution in [3.63, 3.8) is 0 Å². The van der Waals surface area contributed by atoms with Crippen LogP contribution in [0.15, 0.2) is 24.3 Å². The number of hydrogen-bond donors (Lipinski definition) is 1. The maximum atomic E-state index is 12.2. The summed E-state index contributed by atoms with van der Waals surface area (Å²) in [4.78, 5) is 18.2. The third kappa shape index (κ3) is 6.04. The SMILES string of the molecule is O=C(NCCc1nc2c(s1)CCCC2)c1ccc(COCC(F)(F)F)cc1. The number of carbonyl (C=O) groups excluding carboxylic acids is 1. The quantitative estimate of drug-likeness (QED) is 0.765. The topological polar surface area (TPSA) is 51.2 Å². The molecule has 0 radical (unpaired) electrons. The summed E-state index contributed by atoms with van der Waals surface area (Å²) in [5.41, 5.74) is 2.27. The number of carbonyl (C=O) groups is 1. The van der Waals surface area contributed by atoms with Gasteiger partial charge in [-0.3, -0.25) is 4.79 Å². The number of alkyl halides is 3. The Morgan fingerprint density at radius 3 is 2.63 bits per heavy atom. The third-order valence-electron chi connectivity index (χ3n) is 4.26. The van der Waals surface area contributed by atoms with E-state index in [2.05, 4.69) is 15.0 Å². The Morgan fingerprint density at radius 2 is 1.93 bits per heavy atom. The van der Waals surface area contributed by atoms with Crippen molar-refractivity contribution in [2.24, 2.45) is 0 Å². The fourth-order valence-corrected chi connectivity index (χ4v) is 4.09. The van der Waals surface area contributed by atoms with Crippen LogP contribution in [0.1, 0.15) is 44.3 Å². The lowest BCUT2D eigenvalue weighted by molar-refractivity contribution is -0.176. The van der Waals surface area contributed by atoms with Crippen LogP contribution in [0.25, 0.3) is 0 Å². The van der Waals surface area contributed by atoms with E-state index in [0.717, 1.165) is 17.8 Å². The average molecular weight is 398 g/mol. The molecule has 0 atom stereocenters. The summed E-state index contributed by atoms with van der Waals surface area (Å²) >= 11 is 1.74. The Bertz CT molecular complexity index is 749. The zero-order valence-corrected chi connectivity index (χ0v) is 15.6. The average Bonchev–Trinajstić information content (AvgIpc) is 3.04. The zero-order valence-electron chi connectivity index (χ0n) is 14.8. The molecule has 0 saturated carbocycles. The van der Waals surface area contributed by atoms with E-state index >= 15 is 0 Å². The molecule has 0 aliphatic heterocycles. The number of ether oxygens (including phenoxy) is 1. The molecule has 0 fully saturated rings. The van der Waals surface area contributed by atoms with Crippen molar-refractivity contribution in [2.75, 3.05) is 13.2 Å². The summed E-state index contributed by atoms with van der Waals surface area (Å²) < 4.78 is 40.8. The van der Waals surface area contributed by atoms with Crippen LogP contribution in [0.5, 0.6) is 0 Å². The fraction of sp³-hybridized carbons (Fsp3) is 0.474. The molecular formula is C19H21F3N2O2S. The van der Waals surface area contributed by atoms with Gasteiger partial charge >= 0.3 is 6.18 Å². The molecule has 0 unspecified atom stereocenters. The number of aryl methyl sites for hydroxylation is 2. The van der Waals surface area contributed by atoms with E-state index in [1.807, 2.05) is 0 Å². The molecule has 146 valence electrons. The van der Waals surface area contributed by atoms with Gasteiger partial charge in [0.1, 0.15) is 6.61 Å². The predicted octanol–water partition coefficient (Wildman–Crippen LogP) is 4.07. The van der Waals surface area contributed by atoms with Gasteiger partial charge in [0.05, 0.1) is 17.3 Å². The molecule has 1 amide bonds. The van der Waals surface area contributed by atoms with Crippen LogP contribution in [0.2, 0.25) is 0 Å². The number of aromatic nitrogens is 1. The van der Waals surface area contributed by atoms with Crippen molar-refractivity contribution in [1.82, 2.24) is 10.3 Å². The highest BCUT2D eigenvalue weighted by Crippen LogP contribution is 2.26. The van der Waals surface area contributed by atoms with Crippen molar-refractivity contribution in [2.45, 2.75) is 44.9 Å². The molecule has 3 rings (SSSR count). The summed E-state index contributed by atoms with van der Waals surface area (Å²) in [6.45, 7) is -0.923. The molecule has 0 spiro atoms. The number of halogens is 3. The molecule has 1 aromatic carbocycles. The highest BCUT2D eigenvalue weighted by Gasteiger charge is 2.27. The first-order valence-corrected chi connectivity index (χ1v) is 9.71. The van der Waals surface area contributed by atoms with Gasteiger partial charge in [0.15, 0.2) is 0 Å². The smallest absolute Gasteiger partial charge is 0.367 e. The van der Waals surface area contributed by atoms with Gasteiger partial charge in [-0.05, 0) is 43.4 Å². The highest BCUT2D eigenvalue weighted by atomic mass is 32.1. The van der Waals surface area contributed by atoms with Gasteiger partial charge in [0.25, 0.3) is 5.91 Å². The normalized spacial score (nSPS) is 14.0. The van der Waals surface area contributed by atoms with E-state index in [-0.39, 0.29) is 12.5 Å². The Morgan fingerprint density at radius 1 is 1.19 bits per heavy atom. The van der Waals surface area contributed by atoms with Gasteiger partial charge in [-0.2, -0.15) is 13.2 Å². The number of nitrogens with one attached hydrogen (secondary N) is 1. The van der Waals surface area contributed by atoms with Crippen LogP contribution in [0.4, 0.5) is 13.2 Å². The minimum Gasteiger partial charge on any atom is -0.367 e. The van der Waals surface area contributed by atoms with Gasteiger partial charge in [0, 0.05) is 23.4 Å². The largest absolute Gasteiger partial charge is 0.411 e. The number of hydrogen-bond acceptors (Lipinski definition) is 4. The number of benzene rings is 1. The predicted molar refractivity (Wildman–Crippen MR) is 96.9 cm³/mol. The summed E-state index contributed by atoms with van der Waals surface area (Å²) in [6, 6.07) is 6.37. The lowest BCUT2D eigenvalue weighted by atomic mass is 10.0. The summed E-state index contributed by atoms with van der Waals surface area (Å²) in [5.74, 6) is -0.209. The van der Waals surface area contributed by atoms with Gasteiger partial charge < -0.3 is 10.1 Å². The Labute approximate surface area is 159 Å². The lowest BCUT2D eigenvalue weighted by Gasteiger charge is -2.08. The number of thiazole rings is 1. The molecule has 0 saturated heterocycles. The zero-order chi connectivity index (χ0) is 19.3. The second-order valence-electron chi connectivity index (χ2n) is 6.50. The molecule has 1 aliphatic rings. The maximum Gasteiger partial charge on any atom is 0.411 e. The molecule has 0 bridgehead atoms. The van der Waals surface area contributed by atoms with Crippen molar-refractivity contribution < 1.29 is 22.7 Å². The molecule has 2 aromatic rings. The number of fused-ring (bicyclic) bond motifs is 1. The van der Waals surface area contributed by atoms with Gasteiger partial charge in [0.2, 0.25) is 0 Å². The van der Waals surface area contributed by atoms with E-state index in [1.54, 1.807) is 35.6 Å². The summed E-state index contributed by atoms with van der Waals surface area (Å²) in [6.07, 6.45) is 0.950. The standard InChI is InChI=1S/C19H21F3N2O2S/c20-19(21,22)12-26-11-13-5-7-14(8-6-13)18(25)23-10-9-17-24-15-3-1-2-4-16(15)27-17/h5-8H,1-4,9-12H2,(H,23,25). The van der Waals surface area contributed by atoms with Crippen LogP contribution in [-0.2, 0) is 30.6 Å².